The van der Waals surface area contributed by atoms with Crippen LogP contribution in [0.1, 0.15) is 27.0 Å². The molecule has 0 aromatic heterocycles. The van der Waals surface area contributed by atoms with E-state index in [1.807, 2.05) is 32.0 Å². The summed E-state index contributed by atoms with van der Waals surface area (Å²) in [5, 5.41) is 0. The molecular weight excluding hydrogens is 464 g/mol. The van der Waals surface area contributed by atoms with Crippen molar-refractivity contribution in [3.63, 3.8) is 0 Å². The Balaban J connectivity index is 2.68. The number of aryl methyl sites for hydroxylation is 1. The van der Waals surface area contributed by atoms with Crippen molar-refractivity contribution in [3.8, 4) is 5.75 Å². The molecule has 0 radical (unpaired) electrons. The monoisotopic (exact) mass is 474 g/mol. The summed E-state index contributed by atoms with van der Waals surface area (Å²) in [4.78, 5) is 12.9. The standard InChI is InChI=1S/C16H13Br3O2/c1-8-6-12(18)9(2)14(16(8)21-3)15(20)11-5-4-10(17)7-13(11)19/h4-7H,1-3H3. The van der Waals surface area contributed by atoms with Crippen LogP contribution in [0, 0.1) is 13.8 Å². The summed E-state index contributed by atoms with van der Waals surface area (Å²) in [6.07, 6.45) is 0. The first kappa shape index (κ1) is 16.7. The molecule has 0 bridgehead atoms. The van der Waals surface area contributed by atoms with Crippen molar-refractivity contribution in [2.24, 2.45) is 0 Å². The Morgan fingerprint density at radius 2 is 1.71 bits per heavy atom. The lowest BCUT2D eigenvalue weighted by atomic mass is 9.96. The number of benzene rings is 2. The van der Waals surface area contributed by atoms with Crippen molar-refractivity contribution < 1.29 is 9.53 Å². The van der Waals surface area contributed by atoms with E-state index < -0.39 is 0 Å². The van der Waals surface area contributed by atoms with Gasteiger partial charge in [-0.3, -0.25) is 4.79 Å². The minimum Gasteiger partial charge on any atom is -0.496 e. The van der Waals surface area contributed by atoms with Crippen molar-refractivity contribution in [3.05, 3.63) is 59.9 Å². The second-order valence-electron chi connectivity index (χ2n) is 4.66. The van der Waals surface area contributed by atoms with Crippen molar-refractivity contribution in [1.82, 2.24) is 0 Å². The van der Waals surface area contributed by atoms with Crippen LogP contribution in [0.5, 0.6) is 5.75 Å². The highest BCUT2D eigenvalue weighted by Gasteiger charge is 2.22. The quantitative estimate of drug-likeness (QED) is 0.521. The van der Waals surface area contributed by atoms with Gasteiger partial charge in [0.25, 0.3) is 0 Å². The molecule has 0 spiro atoms. The molecule has 0 unspecified atom stereocenters. The normalized spacial score (nSPS) is 10.6. The van der Waals surface area contributed by atoms with Crippen molar-refractivity contribution in [1.29, 1.82) is 0 Å². The molecule has 0 amide bonds. The van der Waals surface area contributed by atoms with E-state index in [-0.39, 0.29) is 5.78 Å². The zero-order valence-electron chi connectivity index (χ0n) is 11.8. The minimum absolute atomic E-state index is 0.0619. The minimum atomic E-state index is -0.0619. The molecule has 0 saturated heterocycles. The molecule has 110 valence electrons. The molecule has 5 heteroatoms. The predicted molar refractivity (Wildman–Crippen MR) is 95.4 cm³/mol. The highest BCUT2D eigenvalue weighted by molar-refractivity contribution is 9.11. The summed E-state index contributed by atoms with van der Waals surface area (Å²) in [5.74, 6) is 0.559. The number of carbonyl (C=O) groups excluding carboxylic acids is 1. The number of halogens is 3. The Hall–Kier alpha value is -0.650. The van der Waals surface area contributed by atoms with Crippen LogP contribution in [0.15, 0.2) is 37.7 Å². The van der Waals surface area contributed by atoms with Crippen molar-refractivity contribution >= 4 is 53.6 Å². The maximum Gasteiger partial charge on any atom is 0.198 e. The second kappa shape index (κ2) is 6.63. The molecule has 0 heterocycles. The van der Waals surface area contributed by atoms with Gasteiger partial charge in [-0.2, -0.15) is 0 Å². The van der Waals surface area contributed by atoms with Gasteiger partial charge in [-0.25, -0.2) is 0 Å². The number of ketones is 1. The largest absolute Gasteiger partial charge is 0.496 e. The molecular formula is C16H13Br3O2. The first-order valence-electron chi connectivity index (χ1n) is 6.20. The zero-order valence-corrected chi connectivity index (χ0v) is 16.5. The highest BCUT2D eigenvalue weighted by atomic mass is 79.9. The van der Waals surface area contributed by atoms with Gasteiger partial charge in [-0.15, -0.1) is 0 Å². The Morgan fingerprint density at radius 3 is 2.29 bits per heavy atom. The molecule has 2 aromatic carbocycles. The van der Waals surface area contributed by atoms with Crippen LogP contribution in [0.25, 0.3) is 0 Å². The topological polar surface area (TPSA) is 26.3 Å². The molecule has 0 atom stereocenters. The van der Waals surface area contributed by atoms with Crippen LogP contribution >= 0.6 is 47.8 Å². The van der Waals surface area contributed by atoms with Crippen LogP contribution < -0.4 is 4.74 Å². The maximum atomic E-state index is 12.9. The second-order valence-corrected chi connectivity index (χ2v) is 7.29. The Morgan fingerprint density at radius 1 is 1.05 bits per heavy atom. The fourth-order valence-electron chi connectivity index (χ4n) is 2.20. The molecule has 0 saturated carbocycles. The van der Waals surface area contributed by atoms with E-state index in [1.54, 1.807) is 13.2 Å². The van der Waals surface area contributed by atoms with Gasteiger partial charge in [0, 0.05) is 19.0 Å². The molecule has 0 aliphatic rings. The predicted octanol–water partition coefficient (Wildman–Crippen LogP) is 5.83. The smallest absolute Gasteiger partial charge is 0.198 e. The lowest BCUT2D eigenvalue weighted by Crippen LogP contribution is -2.09. The SMILES string of the molecule is COc1c(C)cc(Br)c(C)c1C(=O)c1ccc(Br)cc1Br. The highest BCUT2D eigenvalue weighted by Crippen LogP contribution is 2.35. The van der Waals surface area contributed by atoms with Crippen LogP contribution in [-0.2, 0) is 0 Å². The van der Waals surface area contributed by atoms with Crippen molar-refractivity contribution in [2.45, 2.75) is 13.8 Å². The van der Waals surface area contributed by atoms with E-state index >= 15 is 0 Å². The van der Waals surface area contributed by atoms with Crippen LogP contribution in [0.3, 0.4) is 0 Å². The first-order chi connectivity index (χ1) is 9.86. The van der Waals surface area contributed by atoms with E-state index in [4.69, 9.17) is 4.74 Å². The third kappa shape index (κ3) is 3.25. The summed E-state index contributed by atoms with van der Waals surface area (Å²) < 4.78 is 8.02. The van der Waals surface area contributed by atoms with Gasteiger partial charge in [0.15, 0.2) is 5.78 Å². The third-order valence-electron chi connectivity index (χ3n) is 3.27. The molecule has 2 aromatic rings. The van der Waals surface area contributed by atoms with E-state index in [2.05, 4.69) is 47.8 Å². The van der Waals surface area contributed by atoms with Crippen LogP contribution in [0.2, 0.25) is 0 Å². The maximum absolute atomic E-state index is 12.9. The molecule has 0 fully saturated rings. The lowest BCUT2D eigenvalue weighted by Gasteiger charge is -2.16. The zero-order chi connectivity index (χ0) is 15.7. The molecule has 2 rings (SSSR count). The molecule has 0 N–H and O–H groups in total. The summed E-state index contributed by atoms with van der Waals surface area (Å²) >= 11 is 10.3. The number of carbonyl (C=O) groups is 1. The fraction of sp³-hybridized carbons (Fsp3) is 0.188. The number of rotatable bonds is 3. The van der Waals surface area contributed by atoms with Crippen LogP contribution in [0.4, 0.5) is 0 Å². The summed E-state index contributed by atoms with van der Waals surface area (Å²) in [6.45, 7) is 3.84. The van der Waals surface area contributed by atoms with E-state index in [9.17, 15) is 4.79 Å². The first-order valence-corrected chi connectivity index (χ1v) is 8.58. The van der Waals surface area contributed by atoms with Gasteiger partial charge in [-0.1, -0.05) is 31.9 Å². The summed E-state index contributed by atoms with van der Waals surface area (Å²) in [7, 11) is 1.59. The number of methoxy groups -OCH3 is 1. The third-order valence-corrected chi connectivity index (χ3v) is 5.24. The lowest BCUT2D eigenvalue weighted by molar-refractivity contribution is 0.103. The van der Waals surface area contributed by atoms with Gasteiger partial charge in [0.2, 0.25) is 0 Å². The summed E-state index contributed by atoms with van der Waals surface area (Å²) in [6, 6.07) is 7.47. The number of hydrogen-bond donors (Lipinski definition) is 0. The Bertz CT molecular complexity index is 724. The van der Waals surface area contributed by atoms with Crippen molar-refractivity contribution in [2.75, 3.05) is 7.11 Å². The van der Waals surface area contributed by atoms with E-state index in [0.717, 1.165) is 24.5 Å². The number of ether oxygens (including phenoxy) is 1. The molecule has 21 heavy (non-hydrogen) atoms. The van der Waals surface area contributed by atoms with E-state index in [0.29, 0.717) is 16.9 Å². The van der Waals surface area contributed by atoms with Gasteiger partial charge in [0.05, 0.1) is 12.7 Å². The average molecular weight is 477 g/mol. The van der Waals surface area contributed by atoms with Gasteiger partial charge in [0.1, 0.15) is 5.75 Å². The van der Waals surface area contributed by atoms with E-state index in [1.165, 1.54) is 0 Å². The van der Waals surface area contributed by atoms with Gasteiger partial charge >= 0.3 is 0 Å². The Labute approximate surface area is 149 Å². The van der Waals surface area contributed by atoms with Gasteiger partial charge < -0.3 is 4.74 Å². The van der Waals surface area contributed by atoms with Gasteiger partial charge in [-0.05, 0) is 65.2 Å². The van der Waals surface area contributed by atoms with Crippen LogP contribution in [-0.4, -0.2) is 12.9 Å². The summed E-state index contributed by atoms with van der Waals surface area (Å²) in [5.41, 5.74) is 2.99. The molecule has 0 aliphatic heterocycles. The molecule has 2 nitrogen and oxygen atoms in total. The molecule has 0 aliphatic carbocycles. The fourth-order valence-corrected chi connectivity index (χ4v) is 3.96. The average Bonchev–Trinajstić information content (AvgIpc) is 2.41. The Kier molecular flexibility index (Phi) is 5.28. The number of hydrogen-bond acceptors (Lipinski definition) is 2.